The Kier molecular flexibility index (Phi) is 2.09. The summed E-state index contributed by atoms with van der Waals surface area (Å²) in [6.07, 6.45) is 2.77. The largest absolute Gasteiger partial charge is 0.478 e. The van der Waals surface area contributed by atoms with Gasteiger partial charge in [-0.2, -0.15) is 0 Å². The van der Waals surface area contributed by atoms with Gasteiger partial charge in [-0.25, -0.2) is 4.79 Å². The van der Waals surface area contributed by atoms with Gasteiger partial charge in [0, 0.05) is 0 Å². The molecule has 0 aliphatic rings. The van der Waals surface area contributed by atoms with Crippen molar-refractivity contribution in [3.63, 3.8) is 0 Å². The van der Waals surface area contributed by atoms with Gasteiger partial charge < -0.3 is 10.8 Å². The van der Waals surface area contributed by atoms with Crippen molar-refractivity contribution >= 4 is 17.7 Å². The van der Waals surface area contributed by atoms with Crippen LogP contribution in [0.5, 0.6) is 0 Å². The van der Waals surface area contributed by atoms with E-state index in [9.17, 15) is 4.79 Å². The third kappa shape index (κ3) is 1.42. The van der Waals surface area contributed by atoms with E-state index < -0.39 is 5.97 Å². The lowest BCUT2D eigenvalue weighted by Crippen LogP contribution is -2.03. The van der Waals surface area contributed by atoms with Crippen molar-refractivity contribution < 1.29 is 9.90 Å². The number of nitrogens with zero attached hydrogens (tertiary/aromatic N) is 1. The number of carboxylic acids is 1. The molecule has 0 aromatic carbocycles. The van der Waals surface area contributed by atoms with Crippen LogP contribution in [0.25, 0.3) is 6.08 Å². The summed E-state index contributed by atoms with van der Waals surface area (Å²) in [5.41, 5.74) is 6.08. The molecule has 1 rings (SSSR count). The minimum atomic E-state index is -1.06. The highest BCUT2D eigenvalue weighted by atomic mass is 16.4. The quantitative estimate of drug-likeness (QED) is 0.683. The second kappa shape index (κ2) is 3.04. The maximum atomic E-state index is 10.5. The number of pyridine rings is 1. The van der Waals surface area contributed by atoms with Crippen molar-refractivity contribution in [3.8, 4) is 0 Å². The smallest absolute Gasteiger partial charge is 0.337 e. The first-order valence-corrected chi connectivity index (χ1v) is 3.26. The lowest BCUT2D eigenvalue weighted by molar-refractivity contribution is 0.0698. The van der Waals surface area contributed by atoms with E-state index in [4.69, 9.17) is 10.8 Å². The van der Waals surface area contributed by atoms with E-state index in [1.54, 1.807) is 0 Å². The SMILES string of the molecule is C=Cc1cc(C(=O)O)c(N)cn1. The van der Waals surface area contributed by atoms with Crippen LogP contribution in [-0.4, -0.2) is 16.1 Å². The van der Waals surface area contributed by atoms with Crippen LogP contribution in [0.4, 0.5) is 5.69 Å². The number of carboxylic acid groups (broad SMARTS) is 1. The molecule has 0 amide bonds. The Morgan fingerprint density at radius 1 is 1.75 bits per heavy atom. The van der Waals surface area contributed by atoms with E-state index in [1.165, 1.54) is 18.3 Å². The highest BCUT2D eigenvalue weighted by molar-refractivity contribution is 5.93. The molecule has 12 heavy (non-hydrogen) atoms. The van der Waals surface area contributed by atoms with E-state index in [0.717, 1.165) is 0 Å². The number of carbonyl (C=O) groups is 1. The molecule has 4 nitrogen and oxygen atoms in total. The zero-order valence-corrected chi connectivity index (χ0v) is 6.32. The van der Waals surface area contributed by atoms with Crippen molar-refractivity contribution in [2.24, 2.45) is 0 Å². The summed E-state index contributed by atoms with van der Waals surface area (Å²) >= 11 is 0. The third-order valence-corrected chi connectivity index (χ3v) is 1.40. The van der Waals surface area contributed by atoms with Gasteiger partial charge in [-0.1, -0.05) is 6.58 Å². The zero-order valence-electron chi connectivity index (χ0n) is 6.32. The van der Waals surface area contributed by atoms with E-state index in [1.807, 2.05) is 0 Å². The van der Waals surface area contributed by atoms with Crippen LogP contribution in [-0.2, 0) is 0 Å². The lowest BCUT2D eigenvalue weighted by atomic mass is 10.2. The molecule has 0 radical (unpaired) electrons. The van der Waals surface area contributed by atoms with E-state index in [2.05, 4.69) is 11.6 Å². The summed E-state index contributed by atoms with van der Waals surface area (Å²) in [7, 11) is 0. The number of aromatic nitrogens is 1. The van der Waals surface area contributed by atoms with Gasteiger partial charge in [0.2, 0.25) is 0 Å². The van der Waals surface area contributed by atoms with Crippen LogP contribution in [0.3, 0.4) is 0 Å². The van der Waals surface area contributed by atoms with Gasteiger partial charge in [-0.3, -0.25) is 4.98 Å². The summed E-state index contributed by atoms with van der Waals surface area (Å²) in [4.78, 5) is 14.4. The molecule has 0 atom stereocenters. The fourth-order valence-corrected chi connectivity index (χ4v) is 0.779. The topological polar surface area (TPSA) is 76.2 Å². The monoisotopic (exact) mass is 164 g/mol. The van der Waals surface area contributed by atoms with Crippen molar-refractivity contribution in [1.82, 2.24) is 4.98 Å². The molecule has 0 aliphatic heterocycles. The zero-order chi connectivity index (χ0) is 9.14. The van der Waals surface area contributed by atoms with E-state index in [0.29, 0.717) is 5.69 Å². The van der Waals surface area contributed by atoms with Crippen molar-refractivity contribution in [3.05, 3.63) is 30.1 Å². The van der Waals surface area contributed by atoms with Crippen LogP contribution >= 0.6 is 0 Å². The molecule has 1 aromatic rings. The lowest BCUT2D eigenvalue weighted by Gasteiger charge is -1.99. The summed E-state index contributed by atoms with van der Waals surface area (Å²) in [6.45, 7) is 3.46. The highest BCUT2D eigenvalue weighted by Crippen LogP contribution is 2.11. The van der Waals surface area contributed by atoms with Crippen molar-refractivity contribution in [2.45, 2.75) is 0 Å². The minimum Gasteiger partial charge on any atom is -0.478 e. The summed E-state index contributed by atoms with van der Waals surface area (Å²) in [5.74, 6) is -1.06. The number of aromatic carboxylic acids is 1. The summed E-state index contributed by atoms with van der Waals surface area (Å²) in [6, 6.07) is 1.38. The van der Waals surface area contributed by atoms with Crippen LogP contribution in [0.15, 0.2) is 18.8 Å². The highest BCUT2D eigenvalue weighted by Gasteiger charge is 2.07. The Bertz CT molecular complexity index is 334. The average Bonchev–Trinajstić information content (AvgIpc) is 2.05. The van der Waals surface area contributed by atoms with Gasteiger partial charge in [0.25, 0.3) is 0 Å². The predicted molar refractivity (Wildman–Crippen MR) is 45.7 cm³/mol. The number of nitrogen functional groups attached to an aromatic ring is 1. The van der Waals surface area contributed by atoms with Crippen LogP contribution in [0.1, 0.15) is 16.1 Å². The predicted octanol–water partition coefficient (Wildman–Crippen LogP) is 1.01. The van der Waals surface area contributed by atoms with Gasteiger partial charge in [-0.05, 0) is 12.1 Å². The summed E-state index contributed by atoms with van der Waals surface area (Å²) in [5, 5.41) is 8.64. The molecule has 0 saturated heterocycles. The first kappa shape index (κ1) is 8.26. The molecule has 62 valence electrons. The van der Waals surface area contributed by atoms with Gasteiger partial charge in [0.1, 0.15) is 0 Å². The first-order chi connectivity index (χ1) is 5.65. The molecule has 4 heteroatoms. The van der Waals surface area contributed by atoms with E-state index in [-0.39, 0.29) is 11.3 Å². The fourth-order valence-electron chi connectivity index (χ4n) is 0.779. The third-order valence-electron chi connectivity index (χ3n) is 1.40. The van der Waals surface area contributed by atoms with Crippen molar-refractivity contribution in [2.75, 3.05) is 5.73 Å². The Labute approximate surface area is 69.4 Å². The maximum Gasteiger partial charge on any atom is 0.337 e. The van der Waals surface area contributed by atoms with Gasteiger partial charge in [0.15, 0.2) is 0 Å². The van der Waals surface area contributed by atoms with Gasteiger partial charge in [-0.15, -0.1) is 0 Å². The van der Waals surface area contributed by atoms with Gasteiger partial charge >= 0.3 is 5.97 Å². The maximum absolute atomic E-state index is 10.5. The molecule has 3 N–H and O–H groups in total. The van der Waals surface area contributed by atoms with Crippen molar-refractivity contribution in [1.29, 1.82) is 0 Å². The Morgan fingerprint density at radius 3 is 2.92 bits per heavy atom. The Balaban J connectivity index is 3.25. The molecular weight excluding hydrogens is 156 g/mol. The van der Waals surface area contributed by atoms with E-state index >= 15 is 0 Å². The first-order valence-electron chi connectivity index (χ1n) is 3.26. The normalized spacial score (nSPS) is 9.33. The summed E-state index contributed by atoms with van der Waals surface area (Å²) < 4.78 is 0. The molecule has 0 spiro atoms. The Morgan fingerprint density at radius 2 is 2.42 bits per heavy atom. The molecule has 0 fully saturated rings. The Hall–Kier alpha value is -1.84. The second-order valence-electron chi connectivity index (χ2n) is 2.21. The van der Waals surface area contributed by atoms with Crippen LogP contribution in [0, 0.1) is 0 Å². The number of nitrogens with two attached hydrogens (primary N) is 1. The van der Waals surface area contributed by atoms with Crippen LogP contribution < -0.4 is 5.73 Å². The molecule has 0 bridgehead atoms. The number of hydrogen-bond donors (Lipinski definition) is 2. The average molecular weight is 164 g/mol. The molecule has 0 aliphatic carbocycles. The van der Waals surface area contributed by atoms with Crippen LogP contribution in [0.2, 0.25) is 0 Å². The minimum absolute atomic E-state index is 0.0555. The molecule has 1 heterocycles. The second-order valence-corrected chi connectivity index (χ2v) is 2.21. The molecule has 0 unspecified atom stereocenters. The molecular formula is C8H8N2O2. The number of hydrogen-bond acceptors (Lipinski definition) is 3. The number of rotatable bonds is 2. The number of anilines is 1. The van der Waals surface area contributed by atoms with Gasteiger partial charge in [0.05, 0.1) is 23.1 Å². The molecule has 1 aromatic heterocycles. The molecule has 0 saturated carbocycles. The fraction of sp³-hybridized carbons (Fsp3) is 0. The standard InChI is InChI=1S/C8H8N2O2/c1-2-5-3-6(8(11)12)7(9)4-10-5/h2-4H,1,9H2,(H,11,12).